The van der Waals surface area contributed by atoms with E-state index in [1.165, 1.54) is 6.20 Å². The van der Waals surface area contributed by atoms with Crippen molar-refractivity contribution in [1.29, 1.82) is 0 Å². The molecule has 2 N–H and O–H groups in total. The maximum atomic E-state index is 9.74. The Morgan fingerprint density at radius 1 is 1.53 bits per heavy atom. The summed E-state index contributed by atoms with van der Waals surface area (Å²) >= 11 is 1.08. The van der Waals surface area contributed by atoms with Gasteiger partial charge in [0.05, 0.1) is 17.4 Å². The zero-order valence-corrected chi connectivity index (χ0v) is 11.4. The monoisotopic (exact) mass is 280 g/mol. The smallest absolute Gasteiger partial charge is 0.245 e. The van der Waals surface area contributed by atoms with Crippen LogP contribution in [-0.4, -0.2) is 38.1 Å². The number of nitrogens with zero attached hydrogens (tertiary/aromatic N) is 3. The van der Waals surface area contributed by atoms with E-state index in [-0.39, 0.29) is 6.61 Å². The lowest BCUT2D eigenvalue weighted by atomic mass is 10.2. The van der Waals surface area contributed by atoms with Crippen LogP contribution in [0, 0.1) is 6.92 Å². The van der Waals surface area contributed by atoms with E-state index in [1.54, 1.807) is 6.20 Å². The van der Waals surface area contributed by atoms with Crippen molar-refractivity contribution >= 4 is 11.7 Å². The summed E-state index contributed by atoms with van der Waals surface area (Å²) in [4.78, 5) is 4.27. The van der Waals surface area contributed by atoms with Crippen molar-refractivity contribution in [2.75, 3.05) is 13.2 Å². The van der Waals surface area contributed by atoms with Crippen molar-refractivity contribution in [2.45, 2.75) is 19.6 Å². The van der Waals surface area contributed by atoms with Crippen LogP contribution in [0.3, 0.4) is 0 Å². The van der Waals surface area contributed by atoms with Crippen LogP contribution in [0.15, 0.2) is 24.5 Å². The second-order valence-electron chi connectivity index (χ2n) is 4.11. The number of nitrogens with one attached hydrogen (secondary N) is 1. The first-order chi connectivity index (χ1) is 9.25. The van der Waals surface area contributed by atoms with Gasteiger partial charge in [-0.3, -0.25) is 4.98 Å². The molecule has 0 spiro atoms. The molecule has 2 aromatic heterocycles. The average Bonchev–Trinajstić information content (AvgIpc) is 2.92. The van der Waals surface area contributed by atoms with Crippen LogP contribution in [0.5, 0.6) is 5.88 Å². The highest BCUT2D eigenvalue weighted by atomic mass is 32.1. The van der Waals surface area contributed by atoms with Gasteiger partial charge in [0, 0.05) is 19.3 Å². The van der Waals surface area contributed by atoms with E-state index < -0.39 is 6.10 Å². The van der Waals surface area contributed by atoms with E-state index in [0.29, 0.717) is 19.0 Å². The Balaban J connectivity index is 1.66. The van der Waals surface area contributed by atoms with Crippen LogP contribution in [0.4, 0.5) is 0 Å². The molecule has 0 amide bonds. The van der Waals surface area contributed by atoms with Crippen LogP contribution in [0.2, 0.25) is 0 Å². The molecule has 2 rings (SSSR count). The van der Waals surface area contributed by atoms with Gasteiger partial charge in [-0.05, 0) is 18.6 Å². The zero-order valence-electron chi connectivity index (χ0n) is 10.6. The fourth-order valence-electron chi connectivity index (χ4n) is 1.52. The van der Waals surface area contributed by atoms with Gasteiger partial charge in [-0.2, -0.15) is 4.37 Å². The second-order valence-corrected chi connectivity index (χ2v) is 4.67. The topological polar surface area (TPSA) is 80.2 Å². The maximum absolute atomic E-state index is 9.74. The highest BCUT2D eigenvalue weighted by molar-refractivity contribution is 6.99. The first kappa shape index (κ1) is 13.9. The summed E-state index contributed by atoms with van der Waals surface area (Å²) in [5.74, 6) is 0.449. The summed E-state index contributed by atoms with van der Waals surface area (Å²) in [5, 5.41) is 12.9. The third-order valence-electron chi connectivity index (χ3n) is 2.55. The first-order valence-corrected chi connectivity index (χ1v) is 6.68. The Morgan fingerprint density at radius 3 is 3.16 bits per heavy atom. The van der Waals surface area contributed by atoms with Crippen molar-refractivity contribution < 1.29 is 9.84 Å². The van der Waals surface area contributed by atoms with E-state index in [2.05, 4.69) is 19.0 Å². The molecule has 0 aliphatic heterocycles. The fourth-order valence-corrected chi connectivity index (χ4v) is 1.89. The van der Waals surface area contributed by atoms with Crippen molar-refractivity contribution in [3.05, 3.63) is 35.8 Å². The van der Waals surface area contributed by atoms with Gasteiger partial charge in [-0.25, -0.2) is 0 Å². The third kappa shape index (κ3) is 4.55. The zero-order chi connectivity index (χ0) is 13.5. The molecule has 0 aliphatic carbocycles. The van der Waals surface area contributed by atoms with Gasteiger partial charge >= 0.3 is 0 Å². The van der Waals surface area contributed by atoms with Crippen LogP contribution >= 0.6 is 11.7 Å². The minimum atomic E-state index is -0.592. The third-order valence-corrected chi connectivity index (χ3v) is 3.02. The Kier molecular flexibility index (Phi) is 5.20. The summed E-state index contributed by atoms with van der Waals surface area (Å²) in [6, 6.07) is 3.92. The van der Waals surface area contributed by atoms with E-state index in [9.17, 15) is 5.11 Å². The molecule has 0 aromatic carbocycles. The summed E-state index contributed by atoms with van der Waals surface area (Å²) in [6.07, 6.45) is 2.70. The summed E-state index contributed by atoms with van der Waals surface area (Å²) in [7, 11) is 0. The Bertz CT molecular complexity index is 492. The highest BCUT2D eigenvalue weighted by Crippen LogP contribution is 2.05. The summed E-state index contributed by atoms with van der Waals surface area (Å²) in [5.41, 5.74) is 2.12. The van der Waals surface area contributed by atoms with Gasteiger partial charge < -0.3 is 15.2 Å². The Labute approximate surface area is 115 Å². The van der Waals surface area contributed by atoms with E-state index in [4.69, 9.17) is 4.74 Å². The number of ether oxygens (including phenoxy) is 1. The molecule has 6 nitrogen and oxygen atoms in total. The van der Waals surface area contributed by atoms with Gasteiger partial charge in [0.2, 0.25) is 5.88 Å². The van der Waals surface area contributed by atoms with Crippen molar-refractivity contribution in [3.8, 4) is 5.88 Å². The summed E-state index contributed by atoms with van der Waals surface area (Å²) < 4.78 is 13.0. The number of aliphatic hydroxyl groups excluding tert-OH is 1. The van der Waals surface area contributed by atoms with E-state index in [1.807, 2.05) is 19.1 Å². The maximum Gasteiger partial charge on any atom is 0.245 e. The van der Waals surface area contributed by atoms with E-state index >= 15 is 0 Å². The largest absolute Gasteiger partial charge is 0.473 e. The molecular formula is C12H16N4O2S. The Morgan fingerprint density at radius 2 is 2.42 bits per heavy atom. The fraction of sp³-hybridized carbons (Fsp3) is 0.417. The molecule has 0 aliphatic rings. The number of aliphatic hydroxyl groups is 1. The van der Waals surface area contributed by atoms with Crippen molar-refractivity contribution in [3.63, 3.8) is 0 Å². The molecule has 7 heteroatoms. The Hall–Kier alpha value is -1.57. The molecule has 0 radical (unpaired) electrons. The van der Waals surface area contributed by atoms with E-state index in [0.717, 1.165) is 23.0 Å². The number of pyridine rings is 1. The predicted molar refractivity (Wildman–Crippen MR) is 72.1 cm³/mol. The molecule has 0 saturated heterocycles. The van der Waals surface area contributed by atoms with Crippen LogP contribution in [0.1, 0.15) is 11.3 Å². The molecule has 1 atom stereocenters. The molecule has 2 aromatic rings. The van der Waals surface area contributed by atoms with Gasteiger partial charge in [0.1, 0.15) is 18.9 Å². The second kappa shape index (κ2) is 7.13. The number of rotatable bonds is 7. The normalized spacial score (nSPS) is 12.3. The van der Waals surface area contributed by atoms with Gasteiger partial charge in [0.25, 0.3) is 0 Å². The molecule has 0 bridgehead atoms. The molecule has 0 saturated carbocycles. The quantitative estimate of drug-likeness (QED) is 0.780. The number of hydrogen-bond donors (Lipinski definition) is 2. The van der Waals surface area contributed by atoms with Crippen molar-refractivity contribution in [1.82, 2.24) is 19.0 Å². The minimum absolute atomic E-state index is 0.194. The first-order valence-electron chi connectivity index (χ1n) is 5.95. The van der Waals surface area contributed by atoms with Gasteiger partial charge in [0.15, 0.2) is 0 Å². The van der Waals surface area contributed by atoms with Crippen LogP contribution in [-0.2, 0) is 6.54 Å². The minimum Gasteiger partial charge on any atom is -0.473 e. The number of hydrogen-bond acceptors (Lipinski definition) is 7. The van der Waals surface area contributed by atoms with Gasteiger partial charge in [-0.1, -0.05) is 6.07 Å². The van der Waals surface area contributed by atoms with Crippen molar-refractivity contribution in [2.24, 2.45) is 0 Å². The molecular weight excluding hydrogens is 264 g/mol. The van der Waals surface area contributed by atoms with Crippen LogP contribution < -0.4 is 10.1 Å². The summed E-state index contributed by atoms with van der Waals surface area (Å²) in [6.45, 7) is 3.27. The highest BCUT2D eigenvalue weighted by Gasteiger charge is 2.07. The molecule has 102 valence electrons. The number of aryl methyl sites for hydroxylation is 1. The lowest BCUT2D eigenvalue weighted by molar-refractivity contribution is 0.104. The molecule has 1 unspecified atom stereocenters. The molecule has 0 fully saturated rings. The lowest BCUT2D eigenvalue weighted by Gasteiger charge is -2.12. The average molecular weight is 280 g/mol. The lowest BCUT2D eigenvalue weighted by Crippen LogP contribution is -2.31. The number of aromatic nitrogens is 3. The molecule has 2 heterocycles. The predicted octanol–water partition coefficient (Wildman–Crippen LogP) is 0.771. The molecule has 19 heavy (non-hydrogen) atoms. The standard InChI is InChI=1S/C12H16N4O2S/c1-9-3-2-4-14-11(9)6-13-5-10(17)8-18-12-7-15-19-16-12/h2-4,7,10,13,17H,5-6,8H2,1H3. The van der Waals surface area contributed by atoms with Gasteiger partial charge in [-0.15, -0.1) is 4.37 Å². The SMILES string of the molecule is Cc1cccnc1CNCC(O)COc1cnsn1. The van der Waals surface area contributed by atoms with Crippen LogP contribution in [0.25, 0.3) is 0 Å².